The summed E-state index contributed by atoms with van der Waals surface area (Å²) in [7, 11) is -3.36. The van der Waals surface area contributed by atoms with Crippen molar-refractivity contribution >= 4 is 15.7 Å². The Kier molecular flexibility index (Phi) is 4.65. The van der Waals surface area contributed by atoms with Crippen LogP contribution < -0.4 is 9.62 Å². The molecule has 0 bridgehead atoms. The predicted molar refractivity (Wildman–Crippen MR) is 79.0 cm³/mol. The molecule has 1 N–H and O–H groups in total. The van der Waals surface area contributed by atoms with E-state index in [0.29, 0.717) is 37.7 Å². The summed E-state index contributed by atoms with van der Waals surface area (Å²) in [5, 5.41) is 3.19. The molecular weight excluding hydrogens is 279 g/mol. The van der Waals surface area contributed by atoms with Gasteiger partial charge in [-0.05, 0) is 37.1 Å². The maximum Gasteiger partial charge on any atom is 0.235 e. The van der Waals surface area contributed by atoms with Crippen molar-refractivity contribution in [3.63, 3.8) is 0 Å². The summed E-state index contributed by atoms with van der Waals surface area (Å²) in [6, 6.07) is 4.70. The Labute approximate surface area is 120 Å². The van der Waals surface area contributed by atoms with Crippen LogP contribution in [0.15, 0.2) is 18.2 Å². The third-order valence-corrected chi connectivity index (χ3v) is 5.22. The summed E-state index contributed by atoms with van der Waals surface area (Å²) in [5.41, 5.74) is 1.40. The first-order valence-corrected chi connectivity index (χ1v) is 8.53. The Morgan fingerprint density at radius 2 is 2.15 bits per heavy atom. The highest BCUT2D eigenvalue weighted by atomic mass is 32.2. The van der Waals surface area contributed by atoms with E-state index in [9.17, 15) is 12.8 Å². The fourth-order valence-electron chi connectivity index (χ4n) is 2.37. The molecule has 1 aliphatic rings. The highest BCUT2D eigenvalue weighted by molar-refractivity contribution is 7.92. The first-order valence-electron chi connectivity index (χ1n) is 6.92. The van der Waals surface area contributed by atoms with Crippen LogP contribution in [-0.4, -0.2) is 33.3 Å². The van der Waals surface area contributed by atoms with Gasteiger partial charge >= 0.3 is 0 Å². The average Bonchev–Trinajstić information content (AvgIpc) is 2.78. The van der Waals surface area contributed by atoms with Crippen molar-refractivity contribution in [2.45, 2.75) is 32.7 Å². The number of hydrogen-bond acceptors (Lipinski definition) is 3. The summed E-state index contributed by atoms with van der Waals surface area (Å²) in [6.45, 7) is 5.13. The second-order valence-electron chi connectivity index (χ2n) is 5.37. The molecular formula is C14H21FN2O2S. The molecule has 20 heavy (non-hydrogen) atoms. The molecule has 0 aliphatic carbocycles. The lowest BCUT2D eigenvalue weighted by molar-refractivity contribution is 0.567. The van der Waals surface area contributed by atoms with E-state index >= 15 is 0 Å². The van der Waals surface area contributed by atoms with Gasteiger partial charge < -0.3 is 5.32 Å². The number of nitrogens with one attached hydrogen (secondary N) is 1. The molecule has 0 radical (unpaired) electrons. The fourth-order valence-corrected chi connectivity index (χ4v) is 3.94. The van der Waals surface area contributed by atoms with E-state index < -0.39 is 15.8 Å². The van der Waals surface area contributed by atoms with Crippen LogP contribution in [0.4, 0.5) is 10.1 Å². The van der Waals surface area contributed by atoms with Crippen LogP contribution in [0.5, 0.6) is 0 Å². The zero-order valence-corrected chi connectivity index (χ0v) is 12.7. The lowest BCUT2D eigenvalue weighted by atomic mass is 10.2. The molecule has 112 valence electrons. The number of anilines is 1. The minimum atomic E-state index is -3.36. The molecule has 0 aromatic heterocycles. The molecule has 0 unspecified atom stereocenters. The molecule has 0 saturated heterocycles. The molecule has 2 rings (SSSR count). The van der Waals surface area contributed by atoms with E-state index in [1.807, 2.05) is 13.8 Å². The van der Waals surface area contributed by atoms with E-state index in [0.717, 1.165) is 5.56 Å². The fraction of sp³-hybridized carbons (Fsp3) is 0.571. The van der Waals surface area contributed by atoms with Gasteiger partial charge in [-0.15, -0.1) is 0 Å². The standard InChI is InChI=1S/C14H21FN2O2S/c1-11(2)16-7-3-9-20(18,19)17-8-6-12-4-5-13(15)10-14(12)17/h4-5,10-11,16H,3,6-9H2,1-2H3. The van der Waals surface area contributed by atoms with Crippen LogP contribution in [-0.2, 0) is 16.4 Å². The van der Waals surface area contributed by atoms with E-state index in [-0.39, 0.29) is 5.75 Å². The molecule has 1 heterocycles. The number of hydrogen-bond donors (Lipinski definition) is 1. The zero-order valence-electron chi connectivity index (χ0n) is 11.9. The first-order chi connectivity index (χ1) is 9.40. The smallest absolute Gasteiger partial charge is 0.235 e. The number of halogens is 1. The van der Waals surface area contributed by atoms with E-state index in [1.54, 1.807) is 6.07 Å². The summed E-state index contributed by atoms with van der Waals surface area (Å²) < 4.78 is 39.3. The molecule has 6 heteroatoms. The van der Waals surface area contributed by atoms with E-state index in [4.69, 9.17) is 0 Å². The van der Waals surface area contributed by atoms with Crippen LogP contribution in [0.3, 0.4) is 0 Å². The number of benzene rings is 1. The average molecular weight is 300 g/mol. The molecule has 0 amide bonds. The van der Waals surface area contributed by atoms with Crippen molar-refractivity contribution < 1.29 is 12.8 Å². The summed E-state index contributed by atoms with van der Waals surface area (Å²) in [4.78, 5) is 0. The van der Waals surface area contributed by atoms with E-state index in [2.05, 4.69) is 5.32 Å². The van der Waals surface area contributed by atoms with Crippen molar-refractivity contribution in [3.8, 4) is 0 Å². The zero-order chi connectivity index (χ0) is 14.8. The Morgan fingerprint density at radius 3 is 2.85 bits per heavy atom. The summed E-state index contributed by atoms with van der Waals surface area (Å²) >= 11 is 0. The third-order valence-electron chi connectivity index (χ3n) is 3.37. The number of sulfonamides is 1. The van der Waals surface area contributed by atoms with Crippen LogP contribution in [0.25, 0.3) is 0 Å². The van der Waals surface area contributed by atoms with Gasteiger partial charge in [0.1, 0.15) is 5.82 Å². The lowest BCUT2D eigenvalue weighted by Gasteiger charge is -2.19. The predicted octanol–water partition coefficient (Wildman–Crippen LogP) is 1.91. The largest absolute Gasteiger partial charge is 0.314 e. The van der Waals surface area contributed by atoms with Crippen LogP contribution in [0.2, 0.25) is 0 Å². The first kappa shape index (κ1) is 15.3. The maximum atomic E-state index is 13.3. The van der Waals surface area contributed by atoms with Gasteiger partial charge in [0.25, 0.3) is 0 Å². The van der Waals surface area contributed by atoms with Gasteiger partial charge in [0.2, 0.25) is 10.0 Å². The van der Waals surface area contributed by atoms with Crippen molar-refractivity contribution in [1.29, 1.82) is 0 Å². The van der Waals surface area contributed by atoms with Crippen LogP contribution in [0, 0.1) is 5.82 Å². The van der Waals surface area contributed by atoms with Gasteiger partial charge in [-0.1, -0.05) is 19.9 Å². The van der Waals surface area contributed by atoms with Crippen LogP contribution in [0.1, 0.15) is 25.8 Å². The normalized spacial score (nSPS) is 14.9. The monoisotopic (exact) mass is 300 g/mol. The maximum absolute atomic E-state index is 13.3. The Hall–Kier alpha value is -1.14. The molecule has 0 spiro atoms. The molecule has 1 aliphatic heterocycles. The van der Waals surface area contributed by atoms with Gasteiger partial charge in [0, 0.05) is 12.6 Å². The Morgan fingerprint density at radius 1 is 1.40 bits per heavy atom. The van der Waals surface area contributed by atoms with Gasteiger partial charge in [-0.2, -0.15) is 0 Å². The molecule has 0 saturated carbocycles. The third kappa shape index (κ3) is 3.49. The minimum Gasteiger partial charge on any atom is -0.314 e. The molecule has 1 aromatic rings. The second kappa shape index (κ2) is 6.10. The highest BCUT2D eigenvalue weighted by Crippen LogP contribution is 2.31. The summed E-state index contributed by atoms with van der Waals surface area (Å²) in [5.74, 6) is -0.310. The number of nitrogens with zero attached hydrogens (tertiary/aromatic N) is 1. The van der Waals surface area contributed by atoms with Crippen molar-refractivity contribution in [2.75, 3.05) is 23.1 Å². The lowest BCUT2D eigenvalue weighted by Crippen LogP contribution is -2.33. The molecule has 0 atom stereocenters. The SMILES string of the molecule is CC(C)NCCCS(=O)(=O)N1CCc2ccc(F)cc21. The summed E-state index contributed by atoms with van der Waals surface area (Å²) in [6.07, 6.45) is 1.21. The van der Waals surface area contributed by atoms with E-state index in [1.165, 1.54) is 16.4 Å². The van der Waals surface area contributed by atoms with Crippen LogP contribution >= 0.6 is 0 Å². The molecule has 4 nitrogen and oxygen atoms in total. The van der Waals surface area contributed by atoms with Crippen molar-refractivity contribution in [2.24, 2.45) is 0 Å². The quantitative estimate of drug-likeness (QED) is 0.816. The van der Waals surface area contributed by atoms with Gasteiger partial charge in [0.15, 0.2) is 0 Å². The second-order valence-corrected chi connectivity index (χ2v) is 7.39. The van der Waals surface area contributed by atoms with Gasteiger partial charge in [0.05, 0.1) is 11.4 Å². The van der Waals surface area contributed by atoms with Crippen molar-refractivity contribution in [3.05, 3.63) is 29.6 Å². The van der Waals surface area contributed by atoms with Gasteiger partial charge in [-0.25, -0.2) is 12.8 Å². The topological polar surface area (TPSA) is 49.4 Å². The van der Waals surface area contributed by atoms with Gasteiger partial charge in [-0.3, -0.25) is 4.31 Å². The molecule has 1 aromatic carbocycles. The highest BCUT2D eigenvalue weighted by Gasteiger charge is 2.29. The molecule has 0 fully saturated rings. The van der Waals surface area contributed by atoms with Crippen molar-refractivity contribution in [1.82, 2.24) is 5.32 Å². The number of fused-ring (bicyclic) bond motifs is 1. The minimum absolute atomic E-state index is 0.0860. The Balaban J connectivity index is 2.03. The Bertz CT molecular complexity index is 573. The number of rotatable bonds is 6.